The van der Waals surface area contributed by atoms with Gasteiger partial charge in [0.25, 0.3) is 5.69 Å². The van der Waals surface area contributed by atoms with Crippen molar-refractivity contribution in [1.29, 1.82) is 0 Å². The molecule has 0 aliphatic heterocycles. The molecule has 5 nitrogen and oxygen atoms in total. The van der Waals surface area contributed by atoms with Crippen LogP contribution in [0.25, 0.3) is 49.4 Å². The highest BCUT2D eigenvalue weighted by Crippen LogP contribution is 2.44. The zero-order chi connectivity index (χ0) is 30.3. The summed E-state index contributed by atoms with van der Waals surface area (Å²) in [5.74, 6) is 0. The zero-order valence-electron chi connectivity index (χ0n) is 24.2. The monoisotopic (exact) mass is 581 g/mol. The SMILES string of the molecule is O=[N+]([O-])c1ccc(-c2ccc(N(c3ccccc3)c3ccc4c(c3)c3ccccc3n4-c3ccccc3)c3ccccc23)cc1. The summed E-state index contributed by atoms with van der Waals surface area (Å²) in [6.45, 7) is 0. The number of rotatable bonds is 6. The second kappa shape index (κ2) is 10.8. The second-order valence-corrected chi connectivity index (χ2v) is 11.0. The van der Waals surface area contributed by atoms with E-state index in [1.165, 1.54) is 16.3 Å². The molecule has 0 unspecified atom stereocenters. The van der Waals surface area contributed by atoms with Gasteiger partial charge in [-0.25, -0.2) is 0 Å². The summed E-state index contributed by atoms with van der Waals surface area (Å²) in [4.78, 5) is 13.2. The third-order valence-electron chi connectivity index (χ3n) is 8.47. The van der Waals surface area contributed by atoms with Gasteiger partial charge < -0.3 is 9.47 Å². The van der Waals surface area contributed by atoms with E-state index in [1.807, 2.05) is 30.3 Å². The van der Waals surface area contributed by atoms with Crippen LogP contribution in [0.1, 0.15) is 0 Å². The summed E-state index contributed by atoms with van der Waals surface area (Å²) < 4.78 is 2.33. The molecule has 0 radical (unpaired) electrons. The lowest BCUT2D eigenvalue weighted by Crippen LogP contribution is -2.10. The van der Waals surface area contributed by atoms with Crippen LogP contribution in [0.15, 0.2) is 164 Å². The molecule has 0 spiro atoms. The molecule has 0 bridgehead atoms. The van der Waals surface area contributed by atoms with E-state index in [0.717, 1.165) is 50.2 Å². The van der Waals surface area contributed by atoms with Crippen molar-refractivity contribution in [3.63, 3.8) is 0 Å². The molecule has 214 valence electrons. The summed E-state index contributed by atoms with van der Waals surface area (Å²) in [5.41, 5.74) is 8.65. The van der Waals surface area contributed by atoms with Gasteiger partial charge in [0.1, 0.15) is 0 Å². The lowest BCUT2D eigenvalue weighted by atomic mass is 9.96. The van der Waals surface area contributed by atoms with Crippen LogP contribution in [0, 0.1) is 10.1 Å². The minimum Gasteiger partial charge on any atom is -0.310 e. The van der Waals surface area contributed by atoms with Gasteiger partial charge >= 0.3 is 0 Å². The molecule has 1 aromatic heterocycles. The van der Waals surface area contributed by atoms with E-state index >= 15 is 0 Å². The van der Waals surface area contributed by atoms with Crippen LogP contribution in [-0.2, 0) is 0 Å². The Bertz CT molecular complexity index is 2340. The number of non-ortho nitro benzene ring substituents is 1. The van der Waals surface area contributed by atoms with Crippen molar-refractivity contribution in [2.24, 2.45) is 0 Å². The van der Waals surface area contributed by atoms with Crippen LogP contribution in [0.2, 0.25) is 0 Å². The van der Waals surface area contributed by atoms with Crippen molar-refractivity contribution in [2.45, 2.75) is 0 Å². The smallest absolute Gasteiger partial charge is 0.269 e. The van der Waals surface area contributed by atoms with Gasteiger partial charge in [0.2, 0.25) is 0 Å². The van der Waals surface area contributed by atoms with E-state index in [2.05, 4.69) is 131 Å². The molecule has 0 saturated heterocycles. The van der Waals surface area contributed by atoms with Crippen molar-refractivity contribution in [3.8, 4) is 16.8 Å². The van der Waals surface area contributed by atoms with Crippen molar-refractivity contribution < 1.29 is 4.92 Å². The first-order valence-electron chi connectivity index (χ1n) is 14.9. The van der Waals surface area contributed by atoms with Crippen LogP contribution < -0.4 is 4.90 Å². The number of nitro groups is 1. The first kappa shape index (κ1) is 26.4. The summed E-state index contributed by atoms with van der Waals surface area (Å²) in [6, 6.07) is 55.6. The minimum atomic E-state index is -0.364. The number of hydrogen-bond acceptors (Lipinski definition) is 3. The van der Waals surface area contributed by atoms with Gasteiger partial charge in [-0.2, -0.15) is 0 Å². The number of benzene rings is 7. The molecule has 0 aliphatic rings. The number of fused-ring (bicyclic) bond motifs is 4. The number of nitrogens with zero attached hydrogens (tertiary/aromatic N) is 3. The Morgan fingerprint density at radius 3 is 1.87 bits per heavy atom. The van der Waals surface area contributed by atoms with E-state index < -0.39 is 0 Å². The van der Waals surface area contributed by atoms with Crippen molar-refractivity contribution in [1.82, 2.24) is 4.57 Å². The predicted molar refractivity (Wildman–Crippen MR) is 185 cm³/mol. The average molecular weight is 582 g/mol. The molecular formula is C40H27N3O2. The van der Waals surface area contributed by atoms with Gasteiger partial charge in [-0.3, -0.25) is 10.1 Å². The fraction of sp³-hybridized carbons (Fsp3) is 0. The van der Waals surface area contributed by atoms with E-state index in [4.69, 9.17) is 0 Å². The maximum atomic E-state index is 11.3. The lowest BCUT2D eigenvalue weighted by molar-refractivity contribution is -0.384. The topological polar surface area (TPSA) is 51.3 Å². The van der Waals surface area contributed by atoms with Crippen molar-refractivity contribution in [2.75, 3.05) is 4.90 Å². The molecule has 0 saturated carbocycles. The fourth-order valence-corrected chi connectivity index (χ4v) is 6.45. The molecule has 0 N–H and O–H groups in total. The summed E-state index contributed by atoms with van der Waals surface area (Å²) in [5, 5.41) is 15.8. The van der Waals surface area contributed by atoms with E-state index in [9.17, 15) is 10.1 Å². The first-order valence-corrected chi connectivity index (χ1v) is 14.9. The van der Waals surface area contributed by atoms with Gasteiger partial charge in [0.15, 0.2) is 0 Å². The van der Waals surface area contributed by atoms with Gasteiger partial charge in [0, 0.05) is 45.4 Å². The first-order chi connectivity index (χ1) is 22.2. The number of hydrogen-bond donors (Lipinski definition) is 0. The Morgan fingerprint density at radius 2 is 1.13 bits per heavy atom. The number of aromatic nitrogens is 1. The molecule has 0 fully saturated rings. The number of nitro benzene ring substituents is 1. The Labute approximate surface area is 260 Å². The minimum absolute atomic E-state index is 0.0824. The van der Waals surface area contributed by atoms with E-state index in [0.29, 0.717) is 0 Å². The molecule has 8 rings (SSSR count). The van der Waals surface area contributed by atoms with Gasteiger partial charge in [-0.15, -0.1) is 0 Å². The maximum Gasteiger partial charge on any atom is 0.269 e. The Morgan fingerprint density at radius 1 is 0.511 bits per heavy atom. The average Bonchev–Trinajstić information content (AvgIpc) is 3.43. The van der Waals surface area contributed by atoms with E-state index in [-0.39, 0.29) is 10.6 Å². The molecule has 5 heteroatoms. The summed E-state index contributed by atoms with van der Waals surface area (Å²) in [7, 11) is 0. The molecule has 0 aliphatic carbocycles. The Kier molecular flexibility index (Phi) is 6.35. The van der Waals surface area contributed by atoms with Crippen molar-refractivity contribution >= 4 is 55.3 Å². The molecule has 0 amide bonds. The van der Waals surface area contributed by atoms with E-state index in [1.54, 1.807) is 12.1 Å². The molecule has 7 aromatic carbocycles. The molecule has 0 atom stereocenters. The van der Waals surface area contributed by atoms with Gasteiger partial charge in [-0.05, 0) is 83.2 Å². The molecule has 45 heavy (non-hydrogen) atoms. The number of anilines is 3. The van der Waals surface area contributed by atoms with Crippen LogP contribution in [0.3, 0.4) is 0 Å². The maximum absolute atomic E-state index is 11.3. The third kappa shape index (κ3) is 4.50. The van der Waals surface area contributed by atoms with Gasteiger partial charge in [-0.1, -0.05) is 84.9 Å². The molecule has 1 heterocycles. The summed E-state index contributed by atoms with van der Waals surface area (Å²) >= 11 is 0. The highest BCUT2D eigenvalue weighted by Gasteiger charge is 2.20. The molecule has 8 aromatic rings. The predicted octanol–water partition coefficient (Wildman–Crippen LogP) is 11.0. The normalized spacial score (nSPS) is 11.3. The van der Waals surface area contributed by atoms with Crippen LogP contribution in [0.5, 0.6) is 0 Å². The fourth-order valence-electron chi connectivity index (χ4n) is 6.45. The highest BCUT2D eigenvalue weighted by atomic mass is 16.6. The summed E-state index contributed by atoms with van der Waals surface area (Å²) in [6.07, 6.45) is 0. The number of para-hydroxylation sites is 3. The lowest BCUT2D eigenvalue weighted by Gasteiger charge is -2.27. The van der Waals surface area contributed by atoms with Crippen LogP contribution in [-0.4, -0.2) is 9.49 Å². The third-order valence-corrected chi connectivity index (χ3v) is 8.47. The second-order valence-electron chi connectivity index (χ2n) is 11.0. The van der Waals surface area contributed by atoms with Crippen molar-refractivity contribution in [3.05, 3.63) is 174 Å². The van der Waals surface area contributed by atoms with Crippen LogP contribution in [0.4, 0.5) is 22.7 Å². The quantitative estimate of drug-likeness (QED) is 0.145. The highest BCUT2D eigenvalue weighted by molar-refractivity contribution is 6.12. The Hall–Kier alpha value is -6.20. The zero-order valence-corrected chi connectivity index (χ0v) is 24.2. The Balaban J connectivity index is 1.35. The largest absolute Gasteiger partial charge is 0.310 e. The standard InChI is InChI=1S/C40H27N3O2/c44-43(45)31-21-19-28(20-22-31)33-24-26-39(35-16-8-7-15-34(33)35)41(29-11-3-1-4-12-29)32-23-25-40-37(27-32)36-17-9-10-18-38(36)42(40)30-13-5-2-6-14-30/h1-27H. The van der Waals surface area contributed by atoms with Crippen LogP contribution >= 0.6 is 0 Å². The van der Waals surface area contributed by atoms with Gasteiger partial charge in [0.05, 0.1) is 21.6 Å². The molecular weight excluding hydrogens is 554 g/mol.